The normalized spacial score (nSPS) is 11.3. The summed E-state index contributed by atoms with van der Waals surface area (Å²) >= 11 is 0. The maximum absolute atomic E-state index is 6.57. The lowest BCUT2D eigenvalue weighted by Crippen LogP contribution is -2.11. The summed E-state index contributed by atoms with van der Waals surface area (Å²) in [5.41, 5.74) is 16.4. The average molecular weight is 795 g/mol. The van der Waals surface area contributed by atoms with Gasteiger partial charge < -0.3 is 14.2 Å². The monoisotopic (exact) mass is 794 g/mol. The second-order valence-electron chi connectivity index (χ2n) is 15.8. The quantitative estimate of drug-likeness (QED) is 0.145. The third-order valence-electron chi connectivity index (χ3n) is 11.9. The van der Waals surface area contributed by atoms with Crippen LogP contribution in [0.5, 0.6) is 0 Å². The minimum atomic E-state index is 0.865. The van der Waals surface area contributed by atoms with Crippen molar-refractivity contribution in [2.45, 2.75) is 6.92 Å². The van der Waals surface area contributed by atoms with Gasteiger partial charge in [0.05, 0.1) is 5.69 Å². The van der Waals surface area contributed by atoms with Crippen LogP contribution in [0, 0.1) is 6.92 Å². The highest BCUT2D eigenvalue weighted by Crippen LogP contribution is 2.45. The van der Waals surface area contributed by atoms with E-state index in [1.54, 1.807) is 0 Å². The molecule has 11 aromatic rings. The number of anilines is 6. The number of rotatable bonds is 9. The van der Waals surface area contributed by atoms with Crippen molar-refractivity contribution in [3.63, 3.8) is 0 Å². The molecule has 0 spiro atoms. The molecule has 0 aliphatic carbocycles. The van der Waals surface area contributed by atoms with Gasteiger partial charge in [-0.15, -0.1) is 0 Å². The Labute approximate surface area is 362 Å². The summed E-state index contributed by atoms with van der Waals surface area (Å²) in [6, 6.07) is 84.7. The van der Waals surface area contributed by atoms with E-state index >= 15 is 0 Å². The summed E-state index contributed by atoms with van der Waals surface area (Å²) in [5, 5.41) is 4.66. The first-order chi connectivity index (χ1) is 30.6. The molecule has 10 aromatic carbocycles. The van der Waals surface area contributed by atoms with Crippen LogP contribution in [0.2, 0.25) is 0 Å². The number of fused-ring (bicyclic) bond motifs is 4. The Hall–Kier alpha value is -8.14. The molecule has 0 saturated carbocycles. The highest BCUT2D eigenvalue weighted by molar-refractivity contribution is 6.08. The van der Waals surface area contributed by atoms with Crippen molar-refractivity contribution < 1.29 is 4.42 Å². The van der Waals surface area contributed by atoms with Crippen LogP contribution in [0.4, 0.5) is 34.1 Å². The first kappa shape index (κ1) is 36.9. The Morgan fingerprint density at radius 3 is 1.55 bits per heavy atom. The van der Waals surface area contributed by atoms with Crippen molar-refractivity contribution in [2.24, 2.45) is 0 Å². The van der Waals surface area contributed by atoms with E-state index in [-0.39, 0.29) is 0 Å². The summed E-state index contributed by atoms with van der Waals surface area (Å²) in [4.78, 5) is 4.69. The van der Waals surface area contributed by atoms with Gasteiger partial charge in [0.25, 0.3) is 0 Å². The second-order valence-corrected chi connectivity index (χ2v) is 15.8. The van der Waals surface area contributed by atoms with E-state index in [1.807, 2.05) is 0 Å². The molecule has 294 valence electrons. The molecule has 0 aliphatic heterocycles. The average Bonchev–Trinajstić information content (AvgIpc) is 3.72. The zero-order valence-corrected chi connectivity index (χ0v) is 34.3. The van der Waals surface area contributed by atoms with Crippen LogP contribution in [0.1, 0.15) is 5.56 Å². The highest BCUT2D eigenvalue weighted by Gasteiger charge is 2.21. The van der Waals surface area contributed by atoms with Crippen LogP contribution in [0.3, 0.4) is 0 Å². The summed E-state index contributed by atoms with van der Waals surface area (Å²) in [6.07, 6.45) is 0. The Morgan fingerprint density at radius 2 is 0.839 bits per heavy atom. The number of nitrogens with zero attached hydrogens (tertiary/aromatic N) is 2. The van der Waals surface area contributed by atoms with Crippen LogP contribution in [-0.2, 0) is 0 Å². The topological polar surface area (TPSA) is 19.6 Å². The summed E-state index contributed by atoms with van der Waals surface area (Å²) in [7, 11) is 0. The molecular formula is C59H42N2O. The molecule has 1 aromatic heterocycles. The van der Waals surface area contributed by atoms with Crippen LogP contribution in [-0.4, -0.2) is 0 Å². The van der Waals surface area contributed by atoms with Gasteiger partial charge in [-0.2, -0.15) is 0 Å². The summed E-state index contributed by atoms with van der Waals surface area (Å²) in [5.74, 6) is 0. The molecule has 11 rings (SSSR count). The van der Waals surface area contributed by atoms with E-state index in [9.17, 15) is 0 Å². The van der Waals surface area contributed by atoms with Crippen LogP contribution >= 0.6 is 0 Å². The molecular weight excluding hydrogens is 753 g/mol. The van der Waals surface area contributed by atoms with Crippen molar-refractivity contribution >= 4 is 66.8 Å². The molecule has 0 aliphatic rings. The van der Waals surface area contributed by atoms with Gasteiger partial charge in [0.15, 0.2) is 0 Å². The molecule has 0 atom stereocenters. The maximum Gasteiger partial charge on any atom is 0.137 e. The third kappa shape index (κ3) is 6.86. The molecule has 62 heavy (non-hydrogen) atoms. The Kier molecular flexibility index (Phi) is 9.40. The first-order valence-corrected chi connectivity index (χ1v) is 21.2. The number of hydrogen-bond acceptors (Lipinski definition) is 3. The molecule has 0 N–H and O–H groups in total. The molecule has 0 amide bonds. The zero-order chi connectivity index (χ0) is 41.4. The van der Waals surface area contributed by atoms with Gasteiger partial charge in [0.2, 0.25) is 0 Å². The molecule has 0 fully saturated rings. The van der Waals surface area contributed by atoms with Gasteiger partial charge in [-0.1, -0.05) is 146 Å². The van der Waals surface area contributed by atoms with E-state index < -0.39 is 0 Å². The molecule has 0 bridgehead atoms. The van der Waals surface area contributed by atoms with E-state index in [2.05, 4.69) is 253 Å². The smallest absolute Gasteiger partial charge is 0.137 e. The van der Waals surface area contributed by atoms with Gasteiger partial charge in [-0.3, -0.25) is 0 Å². The first-order valence-electron chi connectivity index (χ1n) is 21.2. The van der Waals surface area contributed by atoms with Crippen molar-refractivity contribution in [2.75, 3.05) is 9.80 Å². The SMILES string of the molecule is Cc1cccc2oc3cc(N(c4cccc(-c5cccc(-c6ccc(N(c7ccccc7)c7ccccc7)cc6)c5)c4)c4cc5ccccc5cc4-c4ccccc4)ccc3c12. The van der Waals surface area contributed by atoms with Crippen LogP contribution < -0.4 is 9.80 Å². The predicted octanol–water partition coefficient (Wildman–Crippen LogP) is 17.0. The summed E-state index contributed by atoms with van der Waals surface area (Å²) in [6.45, 7) is 2.15. The van der Waals surface area contributed by atoms with Crippen LogP contribution in [0.25, 0.3) is 66.1 Å². The van der Waals surface area contributed by atoms with Crippen molar-refractivity contribution in [1.82, 2.24) is 0 Å². The molecule has 0 unspecified atom stereocenters. The summed E-state index contributed by atoms with van der Waals surface area (Å²) < 4.78 is 6.57. The Balaban J connectivity index is 1.02. The van der Waals surface area contributed by atoms with Gasteiger partial charge in [0, 0.05) is 50.8 Å². The van der Waals surface area contributed by atoms with Gasteiger partial charge in [-0.05, 0) is 136 Å². The van der Waals surface area contributed by atoms with Gasteiger partial charge in [0.1, 0.15) is 11.2 Å². The lowest BCUT2D eigenvalue weighted by molar-refractivity contribution is 0.669. The number of para-hydroxylation sites is 2. The second kappa shape index (κ2) is 15.8. The standard InChI is InChI=1S/C59H42N2O/c1-41-16-13-29-57-59(41)54-35-34-53(40-58(54)62-57)61(56-39-48-20-12-11-19-47(48)38-55(56)43-17-5-2-6-18-43)52-28-15-23-46(37-52)45-22-14-21-44(36-45)42-30-32-51(33-31-42)60(49-24-7-3-8-25-49)50-26-9-4-10-27-50/h2-40H,1H3. The van der Waals surface area contributed by atoms with Gasteiger partial charge in [-0.25, -0.2) is 0 Å². The maximum atomic E-state index is 6.57. The Bertz CT molecular complexity index is 3320. The number of benzene rings is 10. The number of furan rings is 1. The van der Waals surface area contributed by atoms with Gasteiger partial charge >= 0.3 is 0 Å². The third-order valence-corrected chi connectivity index (χ3v) is 11.9. The van der Waals surface area contributed by atoms with Crippen LogP contribution in [0.15, 0.2) is 241 Å². The molecule has 0 radical (unpaired) electrons. The largest absolute Gasteiger partial charge is 0.456 e. The number of hydrogen-bond donors (Lipinski definition) is 0. The minimum absolute atomic E-state index is 0.865. The Morgan fingerprint density at radius 1 is 0.323 bits per heavy atom. The van der Waals surface area contributed by atoms with Crippen molar-refractivity contribution in [1.29, 1.82) is 0 Å². The fraction of sp³-hybridized carbons (Fsp3) is 0.0169. The predicted molar refractivity (Wildman–Crippen MR) is 262 cm³/mol. The van der Waals surface area contributed by atoms with E-state index in [0.717, 1.165) is 89.4 Å². The zero-order valence-electron chi connectivity index (χ0n) is 34.3. The minimum Gasteiger partial charge on any atom is -0.456 e. The number of aryl methyl sites for hydroxylation is 1. The fourth-order valence-electron chi connectivity index (χ4n) is 8.93. The molecule has 3 nitrogen and oxygen atoms in total. The van der Waals surface area contributed by atoms with Crippen molar-refractivity contribution in [3.8, 4) is 33.4 Å². The van der Waals surface area contributed by atoms with E-state index in [4.69, 9.17) is 4.42 Å². The molecule has 0 saturated heterocycles. The molecule has 3 heteroatoms. The lowest BCUT2D eigenvalue weighted by atomic mass is 9.96. The fourth-order valence-corrected chi connectivity index (χ4v) is 8.93. The molecule has 1 heterocycles. The van der Waals surface area contributed by atoms with E-state index in [0.29, 0.717) is 0 Å². The highest BCUT2D eigenvalue weighted by atomic mass is 16.3. The van der Waals surface area contributed by atoms with Crippen molar-refractivity contribution in [3.05, 3.63) is 242 Å². The van der Waals surface area contributed by atoms with E-state index in [1.165, 1.54) is 16.3 Å². The lowest BCUT2D eigenvalue weighted by Gasteiger charge is -2.29.